The molecule has 1 saturated heterocycles. The minimum atomic E-state index is -0.233. The van der Waals surface area contributed by atoms with E-state index in [9.17, 15) is 9.90 Å². The summed E-state index contributed by atoms with van der Waals surface area (Å²) < 4.78 is 0. The minimum absolute atomic E-state index is 0.139. The zero-order valence-electron chi connectivity index (χ0n) is 16.5. The lowest BCUT2D eigenvalue weighted by Crippen LogP contribution is -2.30. The molecule has 1 aliphatic heterocycles. The summed E-state index contributed by atoms with van der Waals surface area (Å²) in [6.07, 6.45) is 2.74. The second-order valence-corrected chi connectivity index (χ2v) is 7.74. The standard InChI is InChI=1S/C22H27N3O2S/c1-4-15-7-10-17(11-8-15)23-22-24-21(27)20(28-22)13-16-9-12-18(14-19(16)26)25(5-2)6-3/h7-14,22-23,26H,4-6H2,1-3H3,(H,24,27)/b20-13-/t22-/m0/s1. The summed E-state index contributed by atoms with van der Waals surface area (Å²) in [5.74, 6) is 0.0387. The van der Waals surface area contributed by atoms with Gasteiger partial charge in [-0.05, 0) is 56.2 Å². The Morgan fingerprint density at radius 2 is 1.86 bits per heavy atom. The maximum atomic E-state index is 12.3. The first-order chi connectivity index (χ1) is 13.5. The van der Waals surface area contributed by atoms with E-state index in [1.165, 1.54) is 17.3 Å². The van der Waals surface area contributed by atoms with E-state index in [0.717, 1.165) is 30.9 Å². The summed E-state index contributed by atoms with van der Waals surface area (Å²) in [5, 5.41) is 16.6. The molecule has 2 aromatic rings. The molecule has 1 fully saturated rings. The van der Waals surface area contributed by atoms with E-state index in [1.54, 1.807) is 12.1 Å². The van der Waals surface area contributed by atoms with Gasteiger partial charge in [0.05, 0.1) is 4.91 Å². The second-order valence-electron chi connectivity index (χ2n) is 6.59. The highest BCUT2D eigenvalue weighted by Crippen LogP contribution is 2.33. The van der Waals surface area contributed by atoms with Crippen LogP contribution in [-0.2, 0) is 11.2 Å². The van der Waals surface area contributed by atoms with Gasteiger partial charge < -0.3 is 20.6 Å². The number of benzene rings is 2. The Morgan fingerprint density at radius 1 is 1.14 bits per heavy atom. The number of amides is 1. The number of rotatable bonds is 7. The molecule has 1 atom stereocenters. The molecule has 0 radical (unpaired) electrons. The predicted octanol–water partition coefficient (Wildman–Crippen LogP) is 4.40. The average Bonchev–Trinajstić information content (AvgIpc) is 3.04. The third kappa shape index (κ3) is 4.62. The third-order valence-electron chi connectivity index (χ3n) is 4.82. The van der Waals surface area contributed by atoms with E-state index in [-0.39, 0.29) is 17.2 Å². The number of anilines is 2. The van der Waals surface area contributed by atoms with Crippen LogP contribution in [0.1, 0.15) is 31.9 Å². The van der Waals surface area contributed by atoms with Crippen molar-refractivity contribution in [2.45, 2.75) is 32.7 Å². The lowest BCUT2D eigenvalue weighted by atomic mass is 10.1. The van der Waals surface area contributed by atoms with Gasteiger partial charge in [-0.3, -0.25) is 4.79 Å². The Kier molecular flexibility index (Phi) is 6.52. The van der Waals surface area contributed by atoms with Crippen LogP contribution in [-0.4, -0.2) is 29.6 Å². The fraction of sp³-hybridized carbons (Fsp3) is 0.318. The number of phenols is 1. The number of phenolic OH excluding ortho intramolecular Hbond substituents is 1. The summed E-state index contributed by atoms with van der Waals surface area (Å²) in [4.78, 5) is 15.1. The SMILES string of the molecule is CCc1ccc(N[C@H]2NC(=O)/C(=C/c3ccc(N(CC)CC)cc3O)S2)cc1. The van der Waals surface area contributed by atoms with E-state index in [2.05, 4.69) is 48.4 Å². The van der Waals surface area contributed by atoms with Gasteiger partial charge in [0.15, 0.2) is 5.50 Å². The molecular formula is C22H27N3O2S. The number of hydrogen-bond donors (Lipinski definition) is 3. The Bertz CT molecular complexity index is 861. The van der Waals surface area contributed by atoms with Crippen molar-refractivity contribution in [1.82, 2.24) is 5.32 Å². The molecule has 2 aromatic carbocycles. The molecule has 3 rings (SSSR count). The first kappa shape index (κ1) is 20.1. The lowest BCUT2D eigenvalue weighted by molar-refractivity contribution is -0.116. The Labute approximate surface area is 170 Å². The van der Waals surface area contributed by atoms with Crippen molar-refractivity contribution < 1.29 is 9.90 Å². The smallest absolute Gasteiger partial charge is 0.260 e. The van der Waals surface area contributed by atoms with E-state index in [4.69, 9.17) is 0 Å². The maximum Gasteiger partial charge on any atom is 0.260 e. The van der Waals surface area contributed by atoms with Crippen molar-refractivity contribution >= 4 is 35.1 Å². The Hall–Kier alpha value is -2.60. The van der Waals surface area contributed by atoms with Crippen molar-refractivity contribution in [3.63, 3.8) is 0 Å². The molecule has 28 heavy (non-hydrogen) atoms. The van der Waals surface area contributed by atoms with Crippen LogP contribution in [0.2, 0.25) is 0 Å². The quantitative estimate of drug-likeness (QED) is 0.605. The van der Waals surface area contributed by atoms with Gasteiger partial charge in [-0.25, -0.2) is 0 Å². The van der Waals surface area contributed by atoms with Crippen LogP contribution in [0.15, 0.2) is 47.4 Å². The number of aromatic hydroxyl groups is 1. The van der Waals surface area contributed by atoms with Gasteiger partial charge in [0.2, 0.25) is 0 Å². The number of carbonyl (C=O) groups excluding carboxylic acids is 1. The third-order valence-corrected chi connectivity index (χ3v) is 5.85. The first-order valence-electron chi connectivity index (χ1n) is 9.66. The van der Waals surface area contributed by atoms with Gasteiger partial charge in [-0.1, -0.05) is 30.8 Å². The van der Waals surface area contributed by atoms with Crippen LogP contribution in [0.25, 0.3) is 6.08 Å². The minimum Gasteiger partial charge on any atom is -0.507 e. The molecule has 1 heterocycles. The second kappa shape index (κ2) is 9.06. The van der Waals surface area contributed by atoms with Crippen molar-refractivity contribution in [2.24, 2.45) is 0 Å². The van der Waals surface area contributed by atoms with Gasteiger partial charge in [0.1, 0.15) is 5.75 Å². The number of hydrogen-bond acceptors (Lipinski definition) is 5. The highest BCUT2D eigenvalue weighted by molar-refractivity contribution is 8.05. The number of nitrogens with zero attached hydrogens (tertiary/aromatic N) is 1. The van der Waals surface area contributed by atoms with E-state index >= 15 is 0 Å². The Morgan fingerprint density at radius 3 is 2.46 bits per heavy atom. The van der Waals surface area contributed by atoms with Gasteiger partial charge in [-0.15, -0.1) is 0 Å². The fourth-order valence-corrected chi connectivity index (χ4v) is 4.11. The molecule has 0 bridgehead atoms. The lowest BCUT2D eigenvalue weighted by Gasteiger charge is -2.21. The Balaban J connectivity index is 1.71. The van der Waals surface area contributed by atoms with Crippen LogP contribution < -0.4 is 15.5 Å². The number of thioether (sulfide) groups is 1. The topological polar surface area (TPSA) is 64.6 Å². The van der Waals surface area contributed by atoms with E-state index in [0.29, 0.717) is 10.5 Å². The zero-order chi connectivity index (χ0) is 20.1. The summed E-state index contributed by atoms with van der Waals surface area (Å²) in [6.45, 7) is 8.04. The molecule has 0 aromatic heterocycles. The summed E-state index contributed by atoms with van der Waals surface area (Å²) in [6, 6.07) is 13.8. The van der Waals surface area contributed by atoms with Crippen LogP contribution >= 0.6 is 11.8 Å². The monoisotopic (exact) mass is 397 g/mol. The highest BCUT2D eigenvalue weighted by Gasteiger charge is 2.27. The average molecular weight is 398 g/mol. The largest absolute Gasteiger partial charge is 0.507 e. The molecule has 3 N–H and O–H groups in total. The number of aryl methyl sites for hydroxylation is 1. The van der Waals surface area contributed by atoms with Crippen molar-refractivity contribution in [2.75, 3.05) is 23.3 Å². The van der Waals surface area contributed by atoms with Gasteiger partial charge in [-0.2, -0.15) is 0 Å². The van der Waals surface area contributed by atoms with Crippen LogP contribution in [0.4, 0.5) is 11.4 Å². The molecule has 0 spiro atoms. The summed E-state index contributed by atoms with van der Waals surface area (Å²) in [5.41, 5.74) is 3.62. The van der Waals surface area contributed by atoms with E-state index in [1.807, 2.05) is 24.3 Å². The molecule has 0 aliphatic carbocycles. The van der Waals surface area contributed by atoms with Crippen LogP contribution in [0, 0.1) is 0 Å². The molecule has 148 valence electrons. The van der Waals surface area contributed by atoms with E-state index < -0.39 is 0 Å². The molecule has 5 nitrogen and oxygen atoms in total. The van der Waals surface area contributed by atoms with Crippen molar-refractivity contribution in [3.8, 4) is 5.75 Å². The number of nitrogens with one attached hydrogen (secondary N) is 2. The van der Waals surface area contributed by atoms with Gasteiger partial charge >= 0.3 is 0 Å². The van der Waals surface area contributed by atoms with Gasteiger partial charge in [0, 0.05) is 36.1 Å². The maximum absolute atomic E-state index is 12.3. The molecular weight excluding hydrogens is 370 g/mol. The van der Waals surface area contributed by atoms with Crippen molar-refractivity contribution in [3.05, 3.63) is 58.5 Å². The molecule has 0 unspecified atom stereocenters. The molecule has 1 aliphatic rings. The summed E-state index contributed by atoms with van der Waals surface area (Å²) >= 11 is 1.41. The highest BCUT2D eigenvalue weighted by atomic mass is 32.2. The van der Waals surface area contributed by atoms with Crippen molar-refractivity contribution in [1.29, 1.82) is 0 Å². The fourth-order valence-electron chi connectivity index (χ4n) is 3.13. The van der Waals surface area contributed by atoms with Crippen LogP contribution in [0.5, 0.6) is 5.75 Å². The zero-order valence-corrected chi connectivity index (χ0v) is 17.3. The predicted molar refractivity (Wildman–Crippen MR) is 119 cm³/mol. The normalized spacial score (nSPS) is 17.6. The molecule has 0 saturated carbocycles. The summed E-state index contributed by atoms with van der Waals surface area (Å²) in [7, 11) is 0. The molecule has 1 amide bonds. The molecule has 6 heteroatoms. The number of carbonyl (C=O) groups is 1. The van der Waals surface area contributed by atoms with Crippen LogP contribution in [0.3, 0.4) is 0 Å². The first-order valence-corrected chi connectivity index (χ1v) is 10.5. The van der Waals surface area contributed by atoms with Gasteiger partial charge in [0.25, 0.3) is 5.91 Å².